The van der Waals surface area contributed by atoms with E-state index in [0.29, 0.717) is 16.5 Å². The lowest BCUT2D eigenvalue weighted by atomic mass is 10.1. The molecule has 1 amide bonds. The van der Waals surface area contributed by atoms with E-state index in [1.807, 2.05) is 0 Å². The summed E-state index contributed by atoms with van der Waals surface area (Å²) in [7, 11) is 0. The first-order valence-corrected chi connectivity index (χ1v) is 7.39. The van der Waals surface area contributed by atoms with Gasteiger partial charge < -0.3 is 9.73 Å². The highest BCUT2D eigenvalue weighted by Gasteiger charge is 2.30. The van der Waals surface area contributed by atoms with Crippen molar-refractivity contribution in [2.75, 3.05) is 0 Å². The average Bonchev–Trinajstić information content (AvgIpc) is 2.91. The zero-order valence-electron chi connectivity index (χ0n) is 13.1. The molecule has 0 saturated heterocycles. The number of halogens is 4. The lowest BCUT2D eigenvalue weighted by Crippen LogP contribution is -2.23. The number of fused-ring (bicyclic) bond motifs is 1. The summed E-state index contributed by atoms with van der Waals surface area (Å²) in [5.74, 6) is -1.27. The largest absolute Gasteiger partial charge is 0.448 e. The van der Waals surface area contributed by atoms with Crippen molar-refractivity contribution in [1.29, 1.82) is 0 Å². The van der Waals surface area contributed by atoms with Gasteiger partial charge in [-0.3, -0.25) is 4.79 Å². The molecule has 1 N–H and O–H groups in total. The molecule has 1 aromatic heterocycles. The summed E-state index contributed by atoms with van der Waals surface area (Å²) < 4.78 is 57.1. The van der Waals surface area contributed by atoms with Crippen molar-refractivity contribution in [3.05, 3.63) is 70.7 Å². The second-order valence-corrected chi connectivity index (χ2v) is 5.55. The van der Waals surface area contributed by atoms with Crippen molar-refractivity contribution in [2.45, 2.75) is 19.6 Å². The van der Waals surface area contributed by atoms with Gasteiger partial charge in [-0.25, -0.2) is 4.39 Å². The molecule has 0 atom stereocenters. The van der Waals surface area contributed by atoms with E-state index in [2.05, 4.69) is 5.32 Å². The minimum Gasteiger partial charge on any atom is -0.448 e. The first-order chi connectivity index (χ1) is 11.8. The number of benzene rings is 2. The van der Waals surface area contributed by atoms with Crippen LogP contribution in [0.15, 0.2) is 46.9 Å². The zero-order valence-corrected chi connectivity index (χ0v) is 13.1. The Kier molecular flexibility index (Phi) is 4.24. The van der Waals surface area contributed by atoms with E-state index < -0.39 is 23.5 Å². The molecule has 0 bridgehead atoms. The molecule has 3 rings (SSSR count). The van der Waals surface area contributed by atoms with Crippen molar-refractivity contribution in [1.82, 2.24) is 5.32 Å². The third-order valence-electron chi connectivity index (χ3n) is 3.83. The Hall–Kier alpha value is -2.83. The van der Waals surface area contributed by atoms with Gasteiger partial charge in [0.05, 0.1) is 5.56 Å². The van der Waals surface area contributed by atoms with Gasteiger partial charge in [0.15, 0.2) is 17.2 Å². The maximum absolute atomic E-state index is 13.7. The summed E-state index contributed by atoms with van der Waals surface area (Å²) >= 11 is 0. The lowest BCUT2D eigenvalue weighted by molar-refractivity contribution is -0.137. The number of hydrogen-bond acceptors (Lipinski definition) is 2. The topological polar surface area (TPSA) is 42.2 Å². The van der Waals surface area contributed by atoms with E-state index in [1.165, 1.54) is 24.3 Å². The van der Waals surface area contributed by atoms with Crippen LogP contribution < -0.4 is 5.32 Å². The maximum Gasteiger partial charge on any atom is 0.416 e. The Labute approximate surface area is 140 Å². The van der Waals surface area contributed by atoms with Gasteiger partial charge in [0.2, 0.25) is 0 Å². The number of furan rings is 1. The Morgan fingerprint density at radius 1 is 1.16 bits per heavy atom. The molecule has 130 valence electrons. The van der Waals surface area contributed by atoms with E-state index in [4.69, 9.17) is 4.42 Å². The fourth-order valence-corrected chi connectivity index (χ4v) is 2.55. The van der Waals surface area contributed by atoms with E-state index in [0.717, 1.165) is 12.1 Å². The Bertz CT molecular complexity index is 944. The highest BCUT2D eigenvalue weighted by Crippen LogP contribution is 2.30. The van der Waals surface area contributed by atoms with Crippen LogP contribution in [0.2, 0.25) is 0 Å². The first-order valence-electron chi connectivity index (χ1n) is 7.39. The van der Waals surface area contributed by atoms with Crippen LogP contribution in [-0.2, 0) is 12.7 Å². The number of rotatable bonds is 3. The van der Waals surface area contributed by atoms with Crippen molar-refractivity contribution in [3.8, 4) is 0 Å². The fraction of sp³-hybridized carbons (Fsp3) is 0.167. The zero-order chi connectivity index (χ0) is 18.2. The van der Waals surface area contributed by atoms with Crippen LogP contribution in [-0.4, -0.2) is 5.91 Å². The molecule has 0 unspecified atom stereocenters. The first kappa shape index (κ1) is 17.0. The SMILES string of the molecule is Cc1c(C(=O)NCc2cccc(C(F)(F)F)c2)oc2c(F)cccc12. The number of carbonyl (C=O) groups excluding carboxylic acids is 1. The van der Waals surface area contributed by atoms with Crippen LogP contribution >= 0.6 is 0 Å². The molecule has 0 aliphatic rings. The monoisotopic (exact) mass is 351 g/mol. The second-order valence-electron chi connectivity index (χ2n) is 5.55. The van der Waals surface area contributed by atoms with Crippen LogP contribution in [0.3, 0.4) is 0 Å². The number of hydrogen-bond donors (Lipinski definition) is 1. The number of aryl methyl sites for hydroxylation is 1. The molecule has 3 aromatic rings. The number of amides is 1. The third kappa shape index (κ3) is 3.35. The van der Waals surface area contributed by atoms with Crippen molar-refractivity contribution in [3.63, 3.8) is 0 Å². The standard InChI is InChI=1S/C18H13F4NO2/c1-10-13-6-3-7-14(19)16(13)25-15(10)17(24)23-9-11-4-2-5-12(8-11)18(20,21)22/h2-8H,9H2,1H3,(H,23,24). The predicted molar refractivity (Wildman–Crippen MR) is 83.5 cm³/mol. The molecule has 0 aliphatic heterocycles. The van der Waals surface area contributed by atoms with Crippen molar-refractivity contribution < 1.29 is 26.8 Å². The van der Waals surface area contributed by atoms with E-state index >= 15 is 0 Å². The van der Waals surface area contributed by atoms with Crippen LogP contribution in [0, 0.1) is 12.7 Å². The molecule has 1 heterocycles. The Morgan fingerprint density at radius 3 is 2.56 bits per heavy atom. The Balaban J connectivity index is 1.80. The Morgan fingerprint density at radius 2 is 1.88 bits per heavy atom. The molecule has 0 aliphatic carbocycles. The van der Waals surface area contributed by atoms with Gasteiger partial charge in [-0.05, 0) is 30.7 Å². The fourth-order valence-electron chi connectivity index (χ4n) is 2.55. The summed E-state index contributed by atoms with van der Waals surface area (Å²) in [6.45, 7) is 1.51. The molecule has 0 spiro atoms. The number of para-hydroxylation sites is 1. The van der Waals surface area contributed by atoms with Crippen LogP contribution in [0.5, 0.6) is 0 Å². The molecule has 0 fully saturated rings. The lowest BCUT2D eigenvalue weighted by Gasteiger charge is -2.09. The molecule has 25 heavy (non-hydrogen) atoms. The van der Waals surface area contributed by atoms with E-state index in [-0.39, 0.29) is 17.9 Å². The van der Waals surface area contributed by atoms with Crippen LogP contribution in [0.4, 0.5) is 17.6 Å². The normalized spacial score (nSPS) is 11.7. The van der Waals surface area contributed by atoms with Gasteiger partial charge in [-0.1, -0.05) is 24.3 Å². The average molecular weight is 351 g/mol. The van der Waals surface area contributed by atoms with Gasteiger partial charge >= 0.3 is 6.18 Å². The molecule has 0 saturated carbocycles. The summed E-state index contributed by atoms with van der Waals surface area (Å²) in [6, 6.07) is 9.01. The summed E-state index contributed by atoms with van der Waals surface area (Å²) in [4.78, 5) is 12.3. The molecule has 3 nitrogen and oxygen atoms in total. The quantitative estimate of drug-likeness (QED) is 0.687. The van der Waals surface area contributed by atoms with Crippen LogP contribution in [0.25, 0.3) is 11.0 Å². The minimum absolute atomic E-state index is 0.0239. The van der Waals surface area contributed by atoms with Crippen molar-refractivity contribution in [2.24, 2.45) is 0 Å². The smallest absolute Gasteiger partial charge is 0.416 e. The molecule has 0 radical (unpaired) electrons. The summed E-state index contributed by atoms with van der Waals surface area (Å²) in [5.41, 5.74) is -0.0513. The highest BCUT2D eigenvalue weighted by atomic mass is 19.4. The summed E-state index contributed by atoms with van der Waals surface area (Å²) in [5, 5.41) is 2.97. The van der Waals surface area contributed by atoms with Gasteiger partial charge in [-0.2, -0.15) is 13.2 Å². The number of nitrogens with one attached hydrogen (secondary N) is 1. The molecule has 7 heteroatoms. The van der Waals surface area contributed by atoms with Crippen molar-refractivity contribution >= 4 is 16.9 Å². The van der Waals surface area contributed by atoms with Gasteiger partial charge in [-0.15, -0.1) is 0 Å². The van der Waals surface area contributed by atoms with Crippen LogP contribution in [0.1, 0.15) is 27.2 Å². The van der Waals surface area contributed by atoms with E-state index in [9.17, 15) is 22.4 Å². The van der Waals surface area contributed by atoms with Gasteiger partial charge in [0.25, 0.3) is 5.91 Å². The molecule has 2 aromatic carbocycles. The maximum atomic E-state index is 13.7. The summed E-state index contributed by atoms with van der Waals surface area (Å²) in [6.07, 6.45) is -4.45. The minimum atomic E-state index is -4.45. The van der Waals surface area contributed by atoms with Gasteiger partial charge in [0, 0.05) is 17.5 Å². The number of carbonyl (C=O) groups is 1. The molecular weight excluding hydrogens is 338 g/mol. The number of alkyl halides is 3. The van der Waals surface area contributed by atoms with E-state index in [1.54, 1.807) is 13.0 Å². The third-order valence-corrected chi connectivity index (χ3v) is 3.83. The van der Waals surface area contributed by atoms with Gasteiger partial charge in [0.1, 0.15) is 0 Å². The molecular formula is C18H13F4NO2. The second kappa shape index (κ2) is 6.23. The highest BCUT2D eigenvalue weighted by molar-refractivity contribution is 5.98. The predicted octanol–water partition coefficient (Wildman–Crippen LogP) is 4.83.